The number of hydrogen-bond acceptors (Lipinski definition) is 6. The van der Waals surface area contributed by atoms with Crippen LogP contribution in [0.15, 0.2) is 47.4 Å². The van der Waals surface area contributed by atoms with Gasteiger partial charge >= 0.3 is 0 Å². The highest BCUT2D eigenvalue weighted by atomic mass is 32.2. The molecule has 1 aliphatic rings. The Hall–Kier alpha value is -2.85. The predicted molar refractivity (Wildman–Crippen MR) is 115 cm³/mol. The van der Waals surface area contributed by atoms with Gasteiger partial charge in [-0.3, -0.25) is 4.79 Å². The summed E-state index contributed by atoms with van der Waals surface area (Å²) in [7, 11) is 1.10. The molecule has 0 radical (unpaired) electrons. The van der Waals surface area contributed by atoms with E-state index in [2.05, 4.69) is 0 Å². The molecule has 0 aliphatic carbocycles. The van der Waals surface area contributed by atoms with Gasteiger partial charge in [0, 0.05) is 45.0 Å². The van der Waals surface area contributed by atoms with E-state index in [0.29, 0.717) is 11.5 Å². The van der Waals surface area contributed by atoms with Crippen molar-refractivity contribution in [2.75, 3.05) is 58.9 Å². The number of carbonyl (C=O) groups is 1. The van der Waals surface area contributed by atoms with Crippen LogP contribution in [0.1, 0.15) is 0 Å². The molecule has 0 spiro atoms. The van der Waals surface area contributed by atoms with E-state index >= 15 is 0 Å². The molecule has 0 unspecified atom stereocenters. The second kappa shape index (κ2) is 9.52. The van der Waals surface area contributed by atoms with Crippen molar-refractivity contribution in [2.45, 2.75) is 4.90 Å². The normalized spacial score (nSPS) is 14.9. The molecule has 1 heterocycles. The number of likely N-dealkylation sites (N-methyl/N-ethyl adjacent to an activating group) is 1. The predicted octanol–water partition coefficient (Wildman–Crippen LogP) is 1.81. The van der Waals surface area contributed by atoms with E-state index in [0.717, 1.165) is 11.8 Å². The lowest BCUT2D eigenvalue weighted by Crippen LogP contribution is -2.52. The zero-order valence-electron chi connectivity index (χ0n) is 17.7. The lowest BCUT2D eigenvalue weighted by atomic mass is 10.2. The maximum atomic E-state index is 13.4. The van der Waals surface area contributed by atoms with E-state index in [1.807, 2.05) is 6.07 Å². The molecule has 0 atom stereocenters. The first-order valence-electron chi connectivity index (χ1n) is 9.73. The van der Waals surface area contributed by atoms with Gasteiger partial charge in [0.1, 0.15) is 5.82 Å². The van der Waals surface area contributed by atoms with Crippen LogP contribution in [0.3, 0.4) is 0 Å². The molecule has 1 aliphatic heterocycles. The molecule has 2 aromatic carbocycles. The third-order valence-electron chi connectivity index (χ3n) is 5.21. The van der Waals surface area contributed by atoms with Crippen molar-refractivity contribution in [3.63, 3.8) is 0 Å². The fraction of sp³-hybridized carbons (Fsp3) is 0.381. The lowest BCUT2D eigenvalue weighted by Gasteiger charge is -2.35. The average molecular weight is 452 g/mol. The summed E-state index contributed by atoms with van der Waals surface area (Å²) in [6.07, 6.45) is 0. The Kier molecular flexibility index (Phi) is 7.01. The molecular formula is C21H26FN3O5S. The highest BCUT2D eigenvalue weighted by molar-refractivity contribution is 7.89. The van der Waals surface area contributed by atoms with Gasteiger partial charge in [-0.1, -0.05) is 6.07 Å². The Morgan fingerprint density at radius 2 is 1.71 bits per heavy atom. The van der Waals surface area contributed by atoms with Crippen molar-refractivity contribution in [1.82, 2.24) is 9.21 Å². The standard InChI is InChI=1S/C21H26FN3O5S/c1-23(17-7-8-19(29-2)20(14-17)30-3)15-21(26)24-9-11-25(12-10-24)31(27,28)18-6-4-5-16(22)13-18/h4-8,13-14H,9-12,15H2,1-3H3. The third kappa shape index (κ3) is 5.08. The van der Waals surface area contributed by atoms with E-state index in [1.165, 1.54) is 22.5 Å². The zero-order chi connectivity index (χ0) is 22.6. The lowest BCUT2D eigenvalue weighted by molar-refractivity contribution is -0.130. The number of sulfonamides is 1. The number of rotatable bonds is 7. The van der Waals surface area contributed by atoms with E-state index in [1.54, 1.807) is 43.2 Å². The van der Waals surface area contributed by atoms with Crippen LogP contribution in [0.4, 0.5) is 10.1 Å². The summed E-state index contributed by atoms with van der Waals surface area (Å²) in [5.74, 6) is 0.449. The maximum Gasteiger partial charge on any atom is 0.243 e. The minimum atomic E-state index is -3.79. The average Bonchev–Trinajstić information content (AvgIpc) is 2.78. The minimum Gasteiger partial charge on any atom is -0.493 e. The molecule has 3 rings (SSSR count). The highest BCUT2D eigenvalue weighted by Crippen LogP contribution is 2.31. The number of ether oxygens (including phenoxy) is 2. The topological polar surface area (TPSA) is 79.4 Å². The Morgan fingerprint density at radius 1 is 1.03 bits per heavy atom. The molecule has 31 heavy (non-hydrogen) atoms. The van der Waals surface area contributed by atoms with Crippen LogP contribution in [0.5, 0.6) is 11.5 Å². The van der Waals surface area contributed by atoms with Crippen LogP contribution in [0.2, 0.25) is 0 Å². The second-order valence-corrected chi connectivity index (χ2v) is 9.08. The fourth-order valence-corrected chi connectivity index (χ4v) is 4.87. The monoisotopic (exact) mass is 451 g/mol. The molecule has 0 aromatic heterocycles. The van der Waals surface area contributed by atoms with Crippen molar-refractivity contribution >= 4 is 21.6 Å². The van der Waals surface area contributed by atoms with Gasteiger partial charge in [0.15, 0.2) is 11.5 Å². The summed E-state index contributed by atoms with van der Waals surface area (Å²) in [5.41, 5.74) is 0.790. The minimum absolute atomic E-state index is 0.0829. The summed E-state index contributed by atoms with van der Waals surface area (Å²) in [4.78, 5) is 16.1. The van der Waals surface area contributed by atoms with Gasteiger partial charge in [-0.2, -0.15) is 4.31 Å². The Labute approximate surface area is 181 Å². The van der Waals surface area contributed by atoms with Crippen LogP contribution >= 0.6 is 0 Å². The van der Waals surface area contributed by atoms with Crippen molar-refractivity contribution in [3.05, 3.63) is 48.3 Å². The summed E-state index contributed by atoms with van der Waals surface area (Å²) >= 11 is 0. The van der Waals surface area contributed by atoms with Gasteiger partial charge in [0.2, 0.25) is 15.9 Å². The number of methoxy groups -OCH3 is 2. The zero-order valence-corrected chi connectivity index (χ0v) is 18.6. The largest absolute Gasteiger partial charge is 0.493 e. The number of halogens is 1. The quantitative estimate of drug-likeness (QED) is 0.639. The SMILES string of the molecule is COc1ccc(N(C)CC(=O)N2CCN(S(=O)(=O)c3cccc(F)c3)CC2)cc1OC. The smallest absolute Gasteiger partial charge is 0.243 e. The van der Waals surface area contributed by atoms with Gasteiger partial charge in [-0.25, -0.2) is 12.8 Å². The van der Waals surface area contributed by atoms with Crippen molar-refractivity contribution in [3.8, 4) is 11.5 Å². The van der Waals surface area contributed by atoms with E-state index in [-0.39, 0.29) is 43.5 Å². The molecule has 168 valence electrons. The summed E-state index contributed by atoms with van der Waals surface area (Å²) in [6, 6.07) is 10.3. The molecule has 10 heteroatoms. The number of hydrogen-bond donors (Lipinski definition) is 0. The van der Waals surface area contributed by atoms with Gasteiger partial charge in [-0.05, 0) is 30.3 Å². The molecule has 2 aromatic rings. The first-order valence-corrected chi connectivity index (χ1v) is 11.2. The molecule has 0 saturated carbocycles. The number of piperazine rings is 1. The number of carbonyl (C=O) groups excluding carboxylic acids is 1. The Morgan fingerprint density at radius 3 is 2.32 bits per heavy atom. The molecule has 0 bridgehead atoms. The van der Waals surface area contributed by atoms with Crippen LogP contribution in [0.25, 0.3) is 0 Å². The van der Waals surface area contributed by atoms with Gasteiger partial charge < -0.3 is 19.3 Å². The van der Waals surface area contributed by atoms with Crippen LogP contribution in [-0.4, -0.2) is 77.5 Å². The number of anilines is 1. The number of amides is 1. The second-order valence-electron chi connectivity index (χ2n) is 7.14. The van der Waals surface area contributed by atoms with Gasteiger partial charge in [-0.15, -0.1) is 0 Å². The summed E-state index contributed by atoms with van der Waals surface area (Å²) in [6.45, 7) is 0.988. The maximum absolute atomic E-state index is 13.4. The first-order chi connectivity index (χ1) is 14.8. The first kappa shape index (κ1) is 22.8. The van der Waals surface area contributed by atoms with Crippen LogP contribution in [0, 0.1) is 5.82 Å². The van der Waals surface area contributed by atoms with E-state index < -0.39 is 15.8 Å². The summed E-state index contributed by atoms with van der Waals surface area (Å²) in [5, 5.41) is 0. The highest BCUT2D eigenvalue weighted by Gasteiger charge is 2.30. The molecule has 1 saturated heterocycles. The molecule has 0 N–H and O–H groups in total. The van der Waals surface area contributed by atoms with Crippen molar-refractivity contribution < 1.29 is 27.1 Å². The van der Waals surface area contributed by atoms with E-state index in [9.17, 15) is 17.6 Å². The molecule has 1 fully saturated rings. The van der Waals surface area contributed by atoms with Crippen LogP contribution < -0.4 is 14.4 Å². The Balaban J connectivity index is 1.60. The molecule has 8 nitrogen and oxygen atoms in total. The number of nitrogens with zero attached hydrogens (tertiary/aromatic N) is 3. The summed E-state index contributed by atoms with van der Waals surface area (Å²) < 4.78 is 50.7. The van der Waals surface area contributed by atoms with Crippen molar-refractivity contribution in [2.24, 2.45) is 0 Å². The van der Waals surface area contributed by atoms with Gasteiger partial charge in [0.25, 0.3) is 0 Å². The fourth-order valence-electron chi connectivity index (χ4n) is 3.41. The van der Waals surface area contributed by atoms with Crippen molar-refractivity contribution in [1.29, 1.82) is 0 Å². The van der Waals surface area contributed by atoms with Gasteiger partial charge in [0.05, 0.1) is 25.7 Å². The number of benzene rings is 2. The molecular weight excluding hydrogens is 425 g/mol. The Bertz CT molecular complexity index is 1040. The molecule has 1 amide bonds. The van der Waals surface area contributed by atoms with E-state index in [4.69, 9.17) is 9.47 Å². The van der Waals surface area contributed by atoms with Crippen LogP contribution in [-0.2, 0) is 14.8 Å². The third-order valence-corrected chi connectivity index (χ3v) is 7.10.